The number of ether oxygens (including phenoxy) is 3. The molecule has 0 amide bonds. The van der Waals surface area contributed by atoms with Crippen LogP contribution in [0.4, 0.5) is 0 Å². The largest absolute Gasteiger partial charge is 0.462 e. The van der Waals surface area contributed by atoms with Crippen LogP contribution in [0.5, 0.6) is 0 Å². The van der Waals surface area contributed by atoms with Gasteiger partial charge in [0.15, 0.2) is 0 Å². The highest BCUT2D eigenvalue weighted by molar-refractivity contribution is 5.98. The van der Waals surface area contributed by atoms with Crippen LogP contribution in [-0.2, 0) is 28.3 Å². The number of esters is 1. The third-order valence-electron chi connectivity index (χ3n) is 13.3. The molecule has 284 valence electrons. The van der Waals surface area contributed by atoms with Crippen molar-refractivity contribution in [3.8, 4) is 0 Å². The summed E-state index contributed by atoms with van der Waals surface area (Å²) >= 11 is 0. The quantitative estimate of drug-likeness (QED) is 0.0408. The SMILES string of the molecule is [B]OCC(COCCCCCCCCC/C=C\C(C=C)OC1C=C2CC[C@H]3[C@@H]4CC[C@H](OC(=O)CCCCCC)[C@@]4(C)CC[C@@H]3[C@@]2(C)CC1)O[B]. The van der Waals surface area contributed by atoms with E-state index in [1.165, 1.54) is 89.9 Å². The highest BCUT2D eigenvalue weighted by Crippen LogP contribution is 2.66. The Kier molecular flexibility index (Phi) is 18.4. The lowest BCUT2D eigenvalue weighted by atomic mass is 9.47. The number of carbonyl (C=O) groups excluding carboxylic acids is 1. The first-order valence-electron chi connectivity index (χ1n) is 20.9. The van der Waals surface area contributed by atoms with Crippen molar-refractivity contribution in [2.24, 2.45) is 28.6 Å². The van der Waals surface area contributed by atoms with Gasteiger partial charge in [-0.2, -0.15) is 0 Å². The fourth-order valence-electron chi connectivity index (χ4n) is 10.3. The van der Waals surface area contributed by atoms with Crippen molar-refractivity contribution in [2.75, 3.05) is 19.8 Å². The van der Waals surface area contributed by atoms with Crippen molar-refractivity contribution in [3.63, 3.8) is 0 Å². The second-order valence-electron chi connectivity index (χ2n) is 16.7. The van der Waals surface area contributed by atoms with E-state index >= 15 is 0 Å². The fourth-order valence-corrected chi connectivity index (χ4v) is 10.3. The lowest BCUT2D eigenvalue weighted by molar-refractivity contribution is -0.160. The summed E-state index contributed by atoms with van der Waals surface area (Å²) in [6, 6.07) is 0. The molecule has 0 aromatic carbocycles. The lowest BCUT2D eigenvalue weighted by Crippen LogP contribution is -2.52. The molecule has 0 aliphatic heterocycles. The minimum absolute atomic E-state index is 0.0375. The van der Waals surface area contributed by atoms with Gasteiger partial charge in [-0.05, 0) is 100 Å². The van der Waals surface area contributed by atoms with Gasteiger partial charge in [0.2, 0.25) is 0 Å². The summed E-state index contributed by atoms with van der Waals surface area (Å²) in [4.78, 5) is 12.8. The van der Waals surface area contributed by atoms with Crippen LogP contribution in [0.3, 0.4) is 0 Å². The monoisotopic (exact) mass is 705 g/mol. The van der Waals surface area contributed by atoms with Crippen LogP contribution in [0.25, 0.3) is 0 Å². The number of unbranched alkanes of at least 4 members (excludes halogenated alkanes) is 10. The van der Waals surface area contributed by atoms with E-state index in [0.29, 0.717) is 25.6 Å². The number of hydrogen-bond donors (Lipinski definition) is 0. The summed E-state index contributed by atoms with van der Waals surface area (Å²) in [6.45, 7) is 12.7. The molecule has 4 aliphatic rings. The first kappa shape index (κ1) is 42.4. The minimum atomic E-state index is -0.315. The third kappa shape index (κ3) is 12.1. The molecule has 4 radical (unpaired) electrons. The van der Waals surface area contributed by atoms with E-state index in [0.717, 1.165) is 50.4 Å². The van der Waals surface area contributed by atoms with Gasteiger partial charge in [0.25, 0.3) is 16.1 Å². The Bertz CT molecular complexity index is 1100. The molecule has 0 heterocycles. The average Bonchev–Trinajstić information content (AvgIpc) is 3.46. The molecule has 0 bridgehead atoms. The third-order valence-corrected chi connectivity index (χ3v) is 13.3. The van der Waals surface area contributed by atoms with Crippen LogP contribution < -0.4 is 0 Å². The van der Waals surface area contributed by atoms with Gasteiger partial charge in [0.1, 0.15) is 6.10 Å². The van der Waals surface area contributed by atoms with Crippen LogP contribution in [0.1, 0.15) is 156 Å². The zero-order valence-corrected chi connectivity index (χ0v) is 32.6. The Morgan fingerprint density at radius 1 is 0.922 bits per heavy atom. The standard InChI is InChI=1S/C43H70B2O6/c1-5-7-8-17-20-41(46)50-40-24-23-38-37-22-21-33-30-35(25-27-42(33,3)39(37)26-28-43(38,40)4)49-34(6-2)19-16-14-12-10-9-11-13-15-18-29-47-31-36(51-45)32-48-44/h6,16,19,30,34-40H,2,5,7-15,17-18,20-29,31-32H2,1,3-4H3/b19-16-/t34?,35?,36?,37-,38-,39-,40-,42-,43-/m0/s1. The fraction of sp³-hybridized carbons (Fsp3) is 0.837. The maximum absolute atomic E-state index is 12.8. The van der Waals surface area contributed by atoms with Crippen LogP contribution in [0.15, 0.2) is 36.5 Å². The maximum atomic E-state index is 12.8. The Morgan fingerprint density at radius 2 is 1.69 bits per heavy atom. The highest BCUT2D eigenvalue weighted by Gasteiger charge is 2.60. The topological polar surface area (TPSA) is 63.2 Å². The molecule has 6 nitrogen and oxygen atoms in total. The highest BCUT2D eigenvalue weighted by atomic mass is 16.5. The molecular formula is C43H70B2O6. The molecule has 0 aromatic rings. The molecule has 3 saturated carbocycles. The molecule has 3 unspecified atom stereocenters. The minimum Gasteiger partial charge on any atom is -0.462 e. The summed E-state index contributed by atoms with van der Waals surface area (Å²) in [5, 5.41) is 0. The zero-order chi connectivity index (χ0) is 36.5. The van der Waals surface area contributed by atoms with Crippen LogP contribution >= 0.6 is 0 Å². The molecule has 9 atom stereocenters. The summed E-state index contributed by atoms with van der Waals surface area (Å²) in [6.07, 6.45) is 33.0. The predicted octanol–water partition coefficient (Wildman–Crippen LogP) is 10.0. The number of hydrogen-bond acceptors (Lipinski definition) is 6. The first-order valence-corrected chi connectivity index (χ1v) is 20.9. The van der Waals surface area contributed by atoms with E-state index in [1.807, 2.05) is 6.08 Å². The predicted molar refractivity (Wildman–Crippen MR) is 208 cm³/mol. The van der Waals surface area contributed by atoms with Gasteiger partial charge in [0, 0.05) is 18.4 Å². The number of fused-ring (bicyclic) bond motifs is 5. The molecule has 0 spiro atoms. The van der Waals surface area contributed by atoms with E-state index in [1.54, 1.807) is 5.57 Å². The van der Waals surface area contributed by atoms with Gasteiger partial charge in [0.05, 0.1) is 31.5 Å². The van der Waals surface area contributed by atoms with Crippen molar-refractivity contribution in [3.05, 3.63) is 36.5 Å². The normalized spacial score (nSPS) is 31.4. The summed E-state index contributed by atoms with van der Waals surface area (Å²) in [5.74, 6) is 2.19. The van der Waals surface area contributed by atoms with Crippen molar-refractivity contribution in [1.29, 1.82) is 0 Å². The van der Waals surface area contributed by atoms with E-state index in [9.17, 15) is 4.79 Å². The maximum Gasteiger partial charge on any atom is 0.306 e. The van der Waals surface area contributed by atoms with Crippen LogP contribution in [0.2, 0.25) is 0 Å². The van der Waals surface area contributed by atoms with Crippen molar-refractivity contribution >= 4 is 22.1 Å². The molecule has 4 rings (SSSR count). The second-order valence-corrected chi connectivity index (χ2v) is 16.7. The van der Waals surface area contributed by atoms with Crippen molar-refractivity contribution in [1.82, 2.24) is 0 Å². The van der Waals surface area contributed by atoms with Crippen molar-refractivity contribution in [2.45, 2.75) is 180 Å². The van der Waals surface area contributed by atoms with E-state index in [-0.39, 0.29) is 47.8 Å². The average molecular weight is 705 g/mol. The van der Waals surface area contributed by atoms with E-state index in [4.69, 9.17) is 35.0 Å². The van der Waals surface area contributed by atoms with Gasteiger partial charge in [-0.1, -0.05) is 102 Å². The summed E-state index contributed by atoms with van der Waals surface area (Å²) < 4.78 is 27.7. The Labute approximate surface area is 314 Å². The molecule has 0 N–H and O–H groups in total. The lowest BCUT2D eigenvalue weighted by Gasteiger charge is -2.58. The molecule has 3 fully saturated rings. The number of rotatable bonds is 25. The van der Waals surface area contributed by atoms with E-state index < -0.39 is 0 Å². The number of carbonyl (C=O) groups is 1. The van der Waals surface area contributed by atoms with Gasteiger partial charge in [-0.25, -0.2) is 0 Å². The Morgan fingerprint density at radius 3 is 2.43 bits per heavy atom. The molecule has 0 saturated heterocycles. The molecule has 0 aromatic heterocycles. The van der Waals surface area contributed by atoms with Gasteiger partial charge in [-0.3, -0.25) is 4.79 Å². The second kappa shape index (κ2) is 22.1. The van der Waals surface area contributed by atoms with Gasteiger partial charge in [-0.15, -0.1) is 6.58 Å². The molecule has 51 heavy (non-hydrogen) atoms. The number of allylic oxidation sites excluding steroid dienone is 2. The first-order chi connectivity index (χ1) is 24.8. The van der Waals surface area contributed by atoms with Crippen LogP contribution in [0, 0.1) is 28.6 Å². The summed E-state index contributed by atoms with van der Waals surface area (Å²) in [7, 11) is 10.2. The Balaban J connectivity index is 1.13. The molecule has 4 aliphatic carbocycles. The van der Waals surface area contributed by atoms with Crippen molar-refractivity contribution < 1.29 is 28.3 Å². The Hall–Kier alpha value is -1.34. The van der Waals surface area contributed by atoms with Gasteiger partial charge >= 0.3 is 5.97 Å². The zero-order valence-electron chi connectivity index (χ0n) is 32.6. The van der Waals surface area contributed by atoms with Crippen LogP contribution in [-0.4, -0.2) is 66.3 Å². The van der Waals surface area contributed by atoms with Gasteiger partial charge < -0.3 is 23.5 Å². The molecular weight excluding hydrogens is 634 g/mol. The summed E-state index contributed by atoms with van der Waals surface area (Å²) in [5.41, 5.74) is 2.06. The smallest absolute Gasteiger partial charge is 0.306 e. The molecule has 8 heteroatoms. The van der Waals surface area contributed by atoms with E-state index in [2.05, 4.69) is 50.2 Å².